The van der Waals surface area contributed by atoms with Gasteiger partial charge in [-0.1, -0.05) is 13.3 Å². The molecule has 0 aromatic heterocycles. The lowest BCUT2D eigenvalue weighted by Crippen LogP contribution is -2.51. The van der Waals surface area contributed by atoms with Crippen molar-refractivity contribution >= 4 is 0 Å². The van der Waals surface area contributed by atoms with Crippen LogP contribution >= 0.6 is 0 Å². The smallest absolute Gasteiger partial charge is 0.0623 e. The first kappa shape index (κ1) is 15.7. The SMILES string of the molecule is CC1CCCN(CCNC2CCCC2C2COCCN2)C1. The largest absolute Gasteiger partial charge is 0.379 e. The molecule has 0 aromatic rings. The quantitative estimate of drug-likeness (QED) is 0.805. The molecule has 21 heavy (non-hydrogen) atoms. The molecule has 4 nitrogen and oxygen atoms in total. The third-order valence-corrected chi connectivity index (χ3v) is 5.61. The maximum Gasteiger partial charge on any atom is 0.0623 e. The molecule has 0 amide bonds. The normalized spacial score (nSPS) is 38.7. The molecule has 4 unspecified atom stereocenters. The van der Waals surface area contributed by atoms with E-state index in [1.54, 1.807) is 0 Å². The molecule has 1 aliphatic carbocycles. The van der Waals surface area contributed by atoms with Crippen molar-refractivity contribution in [3.63, 3.8) is 0 Å². The molecule has 2 saturated heterocycles. The molecular weight excluding hydrogens is 262 g/mol. The van der Waals surface area contributed by atoms with Gasteiger partial charge in [0.05, 0.1) is 13.2 Å². The van der Waals surface area contributed by atoms with E-state index in [4.69, 9.17) is 4.74 Å². The van der Waals surface area contributed by atoms with Crippen molar-refractivity contribution in [1.29, 1.82) is 0 Å². The molecule has 4 heteroatoms. The van der Waals surface area contributed by atoms with Crippen LogP contribution in [0.3, 0.4) is 0 Å². The number of hydrogen-bond donors (Lipinski definition) is 2. The van der Waals surface area contributed by atoms with E-state index in [1.807, 2.05) is 0 Å². The molecule has 2 aliphatic heterocycles. The summed E-state index contributed by atoms with van der Waals surface area (Å²) in [5.41, 5.74) is 0. The first-order valence-corrected chi connectivity index (χ1v) is 9.10. The molecule has 122 valence electrons. The van der Waals surface area contributed by atoms with Gasteiger partial charge in [-0.2, -0.15) is 0 Å². The summed E-state index contributed by atoms with van der Waals surface area (Å²) in [6.07, 6.45) is 6.89. The van der Waals surface area contributed by atoms with Crippen LogP contribution in [0.15, 0.2) is 0 Å². The van der Waals surface area contributed by atoms with Crippen molar-refractivity contribution in [3.8, 4) is 0 Å². The molecule has 0 radical (unpaired) electrons. The first-order chi connectivity index (χ1) is 10.3. The lowest BCUT2D eigenvalue weighted by molar-refractivity contribution is 0.0522. The molecule has 3 aliphatic rings. The van der Waals surface area contributed by atoms with Crippen molar-refractivity contribution in [3.05, 3.63) is 0 Å². The van der Waals surface area contributed by atoms with Gasteiger partial charge in [-0.15, -0.1) is 0 Å². The van der Waals surface area contributed by atoms with E-state index in [1.165, 1.54) is 51.7 Å². The van der Waals surface area contributed by atoms with Gasteiger partial charge in [0, 0.05) is 38.3 Å². The Labute approximate surface area is 130 Å². The van der Waals surface area contributed by atoms with Crippen LogP contribution in [0.4, 0.5) is 0 Å². The van der Waals surface area contributed by atoms with Crippen LogP contribution in [0, 0.1) is 11.8 Å². The Morgan fingerprint density at radius 1 is 1.24 bits per heavy atom. The number of hydrogen-bond acceptors (Lipinski definition) is 4. The molecule has 3 fully saturated rings. The fourth-order valence-electron chi connectivity index (χ4n) is 4.48. The van der Waals surface area contributed by atoms with Crippen molar-refractivity contribution in [2.24, 2.45) is 11.8 Å². The van der Waals surface area contributed by atoms with Crippen molar-refractivity contribution < 1.29 is 4.74 Å². The Kier molecular flexibility index (Phi) is 5.92. The predicted octanol–water partition coefficient (Wildman–Crippen LogP) is 1.47. The highest BCUT2D eigenvalue weighted by molar-refractivity contribution is 4.92. The molecule has 2 heterocycles. The van der Waals surface area contributed by atoms with Gasteiger partial charge < -0.3 is 20.3 Å². The van der Waals surface area contributed by atoms with E-state index in [9.17, 15) is 0 Å². The number of piperidine rings is 1. The number of ether oxygens (including phenoxy) is 1. The second kappa shape index (κ2) is 7.91. The molecule has 3 rings (SSSR count). The van der Waals surface area contributed by atoms with Gasteiger partial charge in [0.2, 0.25) is 0 Å². The summed E-state index contributed by atoms with van der Waals surface area (Å²) in [5, 5.41) is 7.52. The van der Waals surface area contributed by atoms with Crippen molar-refractivity contribution in [2.75, 3.05) is 45.9 Å². The molecule has 1 saturated carbocycles. The molecule has 4 atom stereocenters. The minimum atomic E-state index is 0.578. The number of nitrogens with zero attached hydrogens (tertiary/aromatic N) is 1. The standard InChI is InChI=1S/C17H33N3O/c1-14-4-3-9-20(12-14)10-7-18-16-6-2-5-15(16)17-13-21-11-8-19-17/h14-19H,2-13H2,1H3. The Morgan fingerprint density at radius 3 is 3.00 bits per heavy atom. The van der Waals surface area contributed by atoms with Crippen molar-refractivity contribution in [1.82, 2.24) is 15.5 Å². The van der Waals surface area contributed by atoms with Crippen LogP contribution in [0.25, 0.3) is 0 Å². The van der Waals surface area contributed by atoms with Gasteiger partial charge in [0.1, 0.15) is 0 Å². The van der Waals surface area contributed by atoms with Gasteiger partial charge in [-0.25, -0.2) is 0 Å². The number of rotatable bonds is 5. The maximum absolute atomic E-state index is 5.66. The third kappa shape index (κ3) is 4.41. The van der Waals surface area contributed by atoms with E-state index in [0.29, 0.717) is 12.1 Å². The zero-order valence-corrected chi connectivity index (χ0v) is 13.7. The van der Waals surface area contributed by atoms with E-state index in [2.05, 4.69) is 22.5 Å². The molecule has 0 spiro atoms. The van der Waals surface area contributed by atoms with E-state index in [-0.39, 0.29) is 0 Å². The van der Waals surface area contributed by atoms with Gasteiger partial charge in [-0.3, -0.25) is 0 Å². The Balaban J connectivity index is 1.39. The zero-order valence-electron chi connectivity index (χ0n) is 13.7. The van der Waals surface area contributed by atoms with Crippen LogP contribution in [0.2, 0.25) is 0 Å². The Morgan fingerprint density at radius 2 is 2.19 bits per heavy atom. The van der Waals surface area contributed by atoms with Crippen LogP contribution in [-0.2, 0) is 4.74 Å². The maximum atomic E-state index is 5.66. The number of likely N-dealkylation sites (tertiary alicyclic amines) is 1. The number of morpholine rings is 1. The lowest BCUT2D eigenvalue weighted by atomic mass is 9.94. The summed E-state index contributed by atoms with van der Waals surface area (Å²) < 4.78 is 5.66. The van der Waals surface area contributed by atoms with Gasteiger partial charge in [0.15, 0.2) is 0 Å². The zero-order chi connectivity index (χ0) is 14.5. The van der Waals surface area contributed by atoms with Gasteiger partial charge in [0.25, 0.3) is 0 Å². The fraction of sp³-hybridized carbons (Fsp3) is 1.00. The average Bonchev–Trinajstić information content (AvgIpc) is 2.97. The van der Waals surface area contributed by atoms with Crippen LogP contribution in [0.5, 0.6) is 0 Å². The monoisotopic (exact) mass is 295 g/mol. The minimum Gasteiger partial charge on any atom is -0.379 e. The highest BCUT2D eigenvalue weighted by Gasteiger charge is 2.34. The minimum absolute atomic E-state index is 0.578. The predicted molar refractivity (Wildman–Crippen MR) is 86.6 cm³/mol. The highest BCUT2D eigenvalue weighted by Crippen LogP contribution is 2.29. The molecule has 0 aromatic carbocycles. The second-order valence-electron chi connectivity index (χ2n) is 7.34. The van der Waals surface area contributed by atoms with Gasteiger partial charge >= 0.3 is 0 Å². The number of nitrogens with one attached hydrogen (secondary N) is 2. The van der Waals surface area contributed by atoms with Crippen molar-refractivity contribution in [2.45, 2.75) is 51.1 Å². The second-order valence-corrected chi connectivity index (χ2v) is 7.34. The van der Waals surface area contributed by atoms with Crippen LogP contribution in [0.1, 0.15) is 39.0 Å². The Hall–Kier alpha value is -0.160. The summed E-state index contributed by atoms with van der Waals surface area (Å²) in [7, 11) is 0. The van der Waals surface area contributed by atoms with E-state index in [0.717, 1.165) is 38.1 Å². The molecule has 2 N–H and O–H groups in total. The lowest BCUT2D eigenvalue weighted by Gasteiger charge is -2.34. The molecule has 0 bridgehead atoms. The summed E-state index contributed by atoms with van der Waals surface area (Å²) in [5.74, 6) is 1.66. The van der Waals surface area contributed by atoms with E-state index >= 15 is 0 Å². The van der Waals surface area contributed by atoms with Crippen LogP contribution < -0.4 is 10.6 Å². The third-order valence-electron chi connectivity index (χ3n) is 5.61. The fourth-order valence-corrected chi connectivity index (χ4v) is 4.48. The van der Waals surface area contributed by atoms with Gasteiger partial charge in [-0.05, 0) is 44.1 Å². The topological polar surface area (TPSA) is 36.5 Å². The summed E-state index contributed by atoms with van der Waals surface area (Å²) in [4.78, 5) is 2.65. The average molecular weight is 295 g/mol. The Bertz CT molecular complexity index is 306. The summed E-state index contributed by atoms with van der Waals surface area (Å²) >= 11 is 0. The summed E-state index contributed by atoms with van der Waals surface area (Å²) in [6.45, 7) is 10.2. The van der Waals surface area contributed by atoms with Crippen LogP contribution in [-0.4, -0.2) is 62.9 Å². The first-order valence-electron chi connectivity index (χ1n) is 9.10. The highest BCUT2D eigenvalue weighted by atomic mass is 16.5. The molecular formula is C17H33N3O. The van der Waals surface area contributed by atoms with E-state index < -0.39 is 0 Å². The summed E-state index contributed by atoms with van der Waals surface area (Å²) in [6, 6.07) is 1.28.